The number of alkyl halides is 3. The molecule has 1 aromatic heterocycles. The minimum atomic E-state index is -4.47. The van der Waals surface area contributed by atoms with Gasteiger partial charge in [-0.15, -0.1) is 0 Å². The van der Waals surface area contributed by atoms with Crippen molar-refractivity contribution >= 4 is 11.6 Å². The quantitative estimate of drug-likeness (QED) is 0.882. The molecule has 2 rings (SSSR count). The van der Waals surface area contributed by atoms with E-state index in [4.69, 9.17) is 0 Å². The number of hydrogen-bond acceptors (Lipinski definition) is 2. The molecule has 0 saturated carbocycles. The first-order valence-corrected chi connectivity index (χ1v) is 5.92. The lowest BCUT2D eigenvalue weighted by atomic mass is 10.1. The maximum atomic E-state index is 13.3. The van der Waals surface area contributed by atoms with Crippen molar-refractivity contribution in [3.8, 4) is 0 Å². The number of pyridine rings is 1. The summed E-state index contributed by atoms with van der Waals surface area (Å²) in [6, 6.07) is 5.70. The lowest BCUT2D eigenvalue weighted by molar-refractivity contribution is -0.137. The topological polar surface area (TPSA) is 42.0 Å². The minimum absolute atomic E-state index is 0.0676. The highest BCUT2D eigenvalue weighted by Gasteiger charge is 2.30. The molecular weight excluding hydrogens is 288 g/mol. The van der Waals surface area contributed by atoms with E-state index in [1.54, 1.807) is 0 Å². The smallest absolute Gasteiger partial charge is 0.323 e. The van der Waals surface area contributed by atoms with Crippen LogP contribution >= 0.6 is 0 Å². The predicted octanol–water partition coefficient (Wildman–Crippen LogP) is 3.42. The third kappa shape index (κ3) is 4.01. The molecule has 3 nitrogen and oxygen atoms in total. The molecule has 1 amide bonds. The molecule has 0 atom stereocenters. The number of carbonyl (C=O) groups excluding carboxylic acids is 1. The molecule has 7 heteroatoms. The van der Waals surface area contributed by atoms with Crippen molar-refractivity contribution in [1.82, 2.24) is 4.98 Å². The number of nitrogens with zero attached hydrogens (tertiary/aromatic N) is 1. The average molecular weight is 298 g/mol. The van der Waals surface area contributed by atoms with Gasteiger partial charge in [0.05, 0.1) is 23.9 Å². The van der Waals surface area contributed by atoms with E-state index in [2.05, 4.69) is 10.3 Å². The number of rotatable bonds is 3. The Morgan fingerprint density at radius 2 is 2.00 bits per heavy atom. The molecule has 0 aliphatic heterocycles. The van der Waals surface area contributed by atoms with Gasteiger partial charge in [-0.1, -0.05) is 18.2 Å². The van der Waals surface area contributed by atoms with Crippen molar-refractivity contribution < 1.29 is 22.4 Å². The normalized spacial score (nSPS) is 11.2. The van der Waals surface area contributed by atoms with Gasteiger partial charge in [0.25, 0.3) is 0 Å². The van der Waals surface area contributed by atoms with Gasteiger partial charge < -0.3 is 5.32 Å². The number of carbonyl (C=O) groups is 1. The molecular formula is C14H10F4N2O. The monoisotopic (exact) mass is 298 g/mol. The highest BCUT2D eigenvalue weighted by Crippen LogP contribution is 2.29. The first-order chi connectivity index (χ1) is 9.86. The number of nitrogens with one attached hydrogen (secondary N) is 1. The number of hydrogen-bond donors (Lipinski definition) is 1. The SMILES string of the molecule is O=C(Cc1cccc(C(F)(F)F)c1)Nc1ccncc1F. The third-order valence-electron chi connectivity index (χ3n) is 2.67. The van der Waals surface area contributed by atoms with Crippen LogP contribution in [0.5, 0.6) is 0 Å². The Morgan fingerprint density at radius 3 is 2.67 bits per heavy atom. The number of halogens is 4. The molecule has 0 radical (unpaired) electrons. The van der Waals surface area contributed by atoms with Gasteiger partial charge >= 0.3 is 6.18 Å². The average Bonchev–Trinajstić information content (AvgIpc) is 2.41. The van der Waals surface area contributed by atoms with Crippen molar-refractivity contribution in [3.63, 3.8) is 0 Å². The van der Waals surface area contributed by atoms with Crippen molar-refractivity contribution in [1.29, 1.82) is 0 Å². The van der Waals surface area contributed by atoms with Crippen molar-refractivity contribution in [3.05, 3.63) is 59.7 Å². The van der Waals surface area contributed by atoms with Gasteiger partial charge in [-0.3, -0.25) is 9.78 Å². The minimum Gasteiger partial charge on any atom is -0.323 e. The van der Waals surface area contributed by atoms with Crippen LogP contribution in [0.15, 0.2) is 42.7 Å². The van der Waals surface area contributed by atoms with E-state index in [-0.39, 0.29) is 17.7 Å². The molecule has 0 aliphatic rings. The fourth-order valence-corrected chi connectivity index (χ4v) is 1.71. The second-order valence-corrected chi connectivity index (χ2v) is 4.28. The maximum Gasteiger partial charge on any atom is 0.416 e. The van der Waals surface area contributed by atoms with Crippen LogP contribution in [-0.4, -0.2) is 10.9 Å². The Hall–Kier alpha value is -2.44. The summed E-state index contributed by atoms with van der Waals surface area (Å²) >= 11 is 0. The molecule has 1 aromatic carbocycles. The second-order valence-electron chi connectivity index (χ2n) is 4.28. The van der Waals surface area contributed by atoms with E-state index in [1.165, 1.54) is 24.4 Å². The van der Waals surface area contributed by atoms with Gasteiger partial charge in [-0.05, 0) is 17.7 Å². The first kappa shape index (κ1) is 15.0. The van der Waals surface area contributed by atoms with E-state index >= 15 is 0 Å². The third-order valence-corrected chi connectivity index (χ3v) is 2.67. The molecule has 0 saturated heterocycles. The highest BCUT2D eigenvalue weighted by atomic mass is 19.4. The molecule has 0 unspecified atom stereocenters. The van der Waals surface area contributed by atoms with Crippen LogP contribution < -0.4 is 5.32 Å². The van der Waals surface area contributed by atoms with Crippen LogP contribution in [0.25, 0.3) is 0 Å². The number of amides is 1. The van der Waals surface area contributed by atoms with E-state index in [9.17, 15) is 22.4 Å². The van der Waals surface area contributed by atoms with Gasteiger partial charge in [0.2, 0.25) is 5.91 Å². The Balaban J connectivity index is 2.08. The van der Waals surface area contributed by atoms with Crippen LogP contribution in [0.2, 0.25) is 0 Å². The van der Waals surface area contributed by atoms with E-state index in [0.717, 1.165) is 18.3 Å². The van der Waals surface area contributed by atoms with Crippen LogP contribution in [0.3, 0.4) is 0 Å². The van der Waals surface area contributed by atoms with Gasteiger partial charge in [-0.25, -0.2) is 4.39 Å². The summed E-state index contributed by atoms with van der Waals surface area (Å²) < 4.78 is 50.9. The summed E-state index contributed by atoms with van der Waals surface area (Å²) in [6.45, 7) is 0. The maximum absolute atomic E-state index is 13.3. The molecule has 110 valence electrons. The molecule has 1 heterocycles. The lowest BCUT2D eigenvalue weighted by Crippen LogP contribution is -2.16. The highest BCUT2D eigenvalue weighted by molar-refractivity contribution is 5.92. The first-order valence-electron chi connectivity index (χ1n) is 5.92. The van der Waals surface area contributed by atoms with E-state index < -0.39 is 23.5 Å². The summed E-state index contributed by atoms with van der Waals surface area (Å²) in [4.78, 5) is 15.2. The zero-order chi connectivity index (χ0) is 15.5. The number of anilines is 1. The molecule has 21 heavy (non-hydrogen) atoms. The second kappa shape index (κ2) is 5.90. The Labute approximate surface area is 117 Å². The number of aromatic nitrogens is 1. The van der Waals surface area contributed by atoms with Crippen LogP contribution in [0.1, 0.15) is 11.1 Å². The summed E-state index contributed by atoms with van der Waals surface area (Å²) in [6.07, 6.45) is -2.53. The predicted molar refractivity (Wildman–Crippen MR) is 68.0 cm³/mol. The fraction of sp³-hybridized carbons (Fsp3) is 0.143. The zero-order valence-electron chi connectivity index (χ0n) is 10.6. The van der Waals surface area contributed by atoms with Crippen LogP contribution in [-0.2, 0) is 17.4 Å². The molecule has 0 fully saturated rings. The lowest BCUT2D eigenvalue weighted by Gasteiger charge is -2.09. The molecule has 1 N–H and O–H groups in total. The summed E-state index contributed by atoms with van der Waals surface area (Å²) in [5.41, 5.74) is -0.707. The summed E-state index contributed by atoms with van der Waals surface area (Å²) in [7, 11) is 0. The Bertz CT molecular complexity index is 655. The zero-order valence-corrected chi connectivity index (χ0v) is 10.6. The van der Waals surface area contributed by atoms with Gasteiger partial charge in [0, 0.05) is 6.20 Å². The summed E-state index contributed by atoms with van der Waals surface area (Å²) in [5, 5.41) is 2.28. The van der Waals surface area contributed by atoms with Gasteiger partial charge in [-0.2, -0.15) is 13.2 Å². The standard InChI is InChI=1S/C14H10F4N2O/c15-11-8-19-5-4-12(11)20-13(21)7-9-2-1-3-10(6-9)14(16,17)18/h1-6,8H,7H2,(H,19,20,21). The van der Waals surface area contributed by atoms with Gasteiger partial charge in [0.1, 0.15) is 0 Å². The van der Waals surface area contributed by atoms with E-state index in [1.807, 2.05) is 0 Å². The Kier molecular flexibility index (Phi) is 4.21. The largest absolute Gasteiger partial charge is 0.416 e. The molecule has 0 aliphatic carbocycles. The van der Waals surface area contributed by atoms with Crippen molar-refractivity contribution in [2.45, 2.75) is 12.6 Å². The van der Waals surface area contributed by atoms with Crippen LogP contribution in [0, 0.1) is 5.82 Å². The van der Waals surface area contributed by atoms with Crippen molar-refractivity contribution in [2.75, 3.05) is 5.32 Å². The fourth-order valence-electron chi connectivity index (χ4n) is 1.71. The molecule has 2 aromatic rings. The summed E-state index contributed by atoms with van der Waals surface area (Å²) in [5.74, 6) is -1.32. The number of benzene rings is 1. The van der Waals surface area contributed by atoms with Crippen LogP contribution in [0.4, 0.5) is 23.2 Å². The van der Waals surface area contributed by atoms with E-state index in [0.29, 0.717) is 0 Å². The molecule has 0 spiro atoms. The van der Waals surface area contributed by atoms with Crippen molar-refractivity contribution in [2.24, 2.45) is 0 Å². The molecule has 0 bridgehead atoms. The van der Waals surface area contributed by atoms with Gasteiger partial charge in [0.15, 0.2) is 5.82 Å². The Morgan fingerprint density at radius 1 is 1.24 bits per heavy atom.